The Morgan fingerprint density at radius 2 is 1.96 bits per heavy atom. The molecule has 3 unspecified atom stereocenters. The number of benzene rings is 1. The molecule has 2 aliphatic rings. The molecular weight excluding hydrogens is 369 g/mol. The van der Waals surface area contributed by atoms with Crippen LogP contribution in [0.15, 0.2) is 36.7 Å². The fraction of sp³-hybridized carbons (Fsp3) is 0.450. The van der Waals surface area contributed by atoms with Crippen LogP contribution in [0.5, 0.6) is 0 Å². The predicted molar refractivity (Wildman–Crippen MR) is 106 cm³/mol. The highest BCUT2D eigenvalue weighted by molar-refractivity contribution is 6.42. The van der Waals surface area contributed by atoms with Gasteiger partial charge in [-0.2, -0.15) is 0 Å². The Morgan fingerprint density at radius 1 is 1.23 bits per heavy atom. The molecule has 1 saturated heterocycles. The van der Waals surface area contributed by atoms with E-state index < -0.39 is 5.60 Å². The number of nitrogens with zero attached hydrogens (tertiary/aromatic N) is 3. The fourth-order valence-electron chi connectivity index (χ4n) is 4.43. The number of piperidine rings is 1. The molecule has 4 rings (SSSR count). The van der Waals surface area contributed by atoms with Gasteiger partial charge in [-0.15, -0.1) is 0 Å². The van der Waals surface area contributed by atoms with E-state index in [1.807, 2.05) is 31.2 Å². The van der Waals surface area contributed by atoms with E-state index in [4.69, 9.17) is 23.2 Å². The zero-order valence-corrected chi connectivity index (χ0v) is 16.5. The molecule has 0 saturated carbocycles. The van der Waals surface area contributed by atoms with Gasteiger partial charge in [0, 0.05) is 42.1 Å². The second-order valence-corrected chi connectivity index (χ2v) is 8.44. The van der Waals surface area contributed by atoms with Gasteiger partial charge in [0.05, 0.1) is 16.6 Å². The first-order valence-corrected chi connectivity index (χ1v) is 9.70. The third kappa shape index (κ3) is 2.99. The van der Waals surface area contributed by atoms with Crippen LogP contribution in [0.2, 0.25) is 10.0 Å². The molecule has 26 heavy (non-hydrogen) atoms. The average molecular weight is 392 g/mol. The number of likely N-dealkylation sites (tertiary alicyclic amines) is 1. The predicted octanol–water partition coefficient (Wildman–Crippen LogP) is 3.90. The van der Waals surface area contributed by atoms with Crippen molar-refractivity contribution in [2.75, 3.05) is 31.6 Å². The summed E-state index contributed by atoms with van der Waals surface area (Å²) in [6.45, 7) is 4.36. The number of rotatable bonds is 3. The van der Waals surface area contributed by atoms with E-state index in [1.54, 1.807) is 12.4 Å². The average Bonchev–Trinajstić information content (AvgIpc) is 2.92. The van der Waals surface area contributed by atoms with Gasteiger partial charge in [0.2, 0.25) is 0 Å². The van der Waals surface area contributed by atoms with Crippen LogP contribution in [-0.2, 0) is 5.60 Å². The molecule has 0 radical (unpaired) electrons. The Labute approximate surface area is 164 Å². The molecule has 3 atom stereocenters. The van der Waals surface area contributed by atoms with Crippen molar-refractivity contribution in [1.82, 2.24) is 9.88 Å². The summed E-state index contributed by atoms with van der Waals surface area (Å²) in [5.41, 5.74) is 2.11. The van der Waals surface area contributed by atoms with Crippen LogP contribution in [0.25, 0.3) is 0 Å². The van der Waals surface area contributed by atoms with Crippen molar-refractivity contribution >= 4 is 28.9 Å². The van der Waals surface area contributed by atoms with Crippen LogP contribution in [0, 0.1) is 0 Å². The molecular formula is C20H23Cl2N3O. The molecule has 6 heteroatoms. The van der Waals surface area contributed by atoms with Crippen molar-refractivity contribution in [2.24, 2.45) is 0 Å². The Morgan fingerprint density at radius 3 is 2.69 bits per heavy atom. The Kier molecular flexibility index (Phi) is 4.64. The Bertz CT molecular complexity index is 812. The lowest BCUT2D eigenvalue weighted by molar-refractivity contribution is 0.0606. The lowest BCUT2D eigenvalue weighted by Gasteiger charge is -2.40. The van der Waals surface area contributed by atoms with Gasteiger partial charge in [-0.25, -0.2) is 0 Å². The maximum absolute atomic E-state index is 11.2. The summed E-state index contributed by atoms with van der Waals surface area (Å²) < 4.78 is 0. The highest BCUT2D eigenvalue weighted by Crippen LogP contribution is 2.50. The minimum atomic E-state index is -0.982. The van der Waals surface area contributed by atoms with Crippen LogP contribution >= 0.6 is 23.2 Å². The second-order valence-electron chi connectivity index (χ2n) is 7.66. The van der Waals surface area contributed by atoms with Crippen molar-refractivity contribution in [3.05, 3.63) is 57.8 Å². The van der Waals surface area contributed by atoms with Crippen LogP contribution in [0.1, 0.15) is 30.4 Å². The zero-order valence-electron chi connectivity index (χ0n) is 15.0. The number of aromatic nitrogens is 1. The van der Waals surface area contributed by atoms with E-state index in [-0.39, 0.29) is 0 Å². The lowest BCUT2D eigenvalue weighted by Crippen LogP contribution is -2.49. The first kappa shape index (κ1) is 18.1. The van der Waals surface area contributed by atoms with E-state index in [1.165, 1.54) is 0 Å². The number of fused-ring (bicyclic) bond motifs is 3. The first-order chi connectivity index (χ1) is 12.4. The Balaban J connectivity index is 1.74. The van der Waals surface area contributed by atoms with Gasteiger partial charge in [-0.3, -0.25) is 4.98 Å². The number of β-amino-alcohol motifs (C(OH)–C–C–N with tert-alkyl or cyclic N) is 1. The number of pyridine rings is 1. The monoisotopic (exact) mass is 391 g/mol. The summed E-state index contributed by atoms with van der Waals surface area (Å²) in [4.78, 5) is 8.73. The van der Waals surface area contributed by atoms with E-state index in [9.17, 15) is 5.11 Å². The van der Waals surface area contributed by atoms with Gasteiger partial charge in [-0.1, -0.05) is 23.2 Å². The standard InChI is InChI=1S/C20H23Cl2N3O/c1-20(26,13-5-8-23-9-6-13)12-25-16-7-10-24(2)11-14(16)18-17(25)4-3-15(21)19(18)22/h3-6,8-9,14,16,26H,7,10-12H2,1-2H3. The van der Waals surface area contributed by atoms with E-state index >= 15 is 0 Å². The van der Waals surface area contributed by atoms with Gasteiger partial charge in [-0.05, 0) is 56.8 Å². The van der Waals surface area contributed by atoms with E-state index in [2.05, 4.69) is 21.8 Å². The summed E-state index contributed by atoms with van der Waals surface area (Å²) in [7, 11) is 2.14. The summed E-state index contributed by atoms with van der Waals surface area (Å²) in [6, 6.07) is 7.98. The summed E-state index contributed by atoms with van der Waals surface area (Å²) in [5.74, 6) is 0.309. The quantitative estimate of drug-likeness (QED) is 0.860. The molecule has 1 fully saturated rings. The summed E-state index contributed by atoms with van der Waals surface area (Å²) in [6.07, 6.45) is 4.48. The molecule has 0 amide bonds. The molecule has 3 heterocycles. The number of aliphatic hydroxyl groups is 1. The molecule has 1 N–H and O–H groups in total. The van der Waals surface area contributed by atoms with Crippen molar-refractivity contribution in [2.45, 2.75) is 30.9 Å². The number of hydrogen-bond acceptors (Lipinski definition) is 4. The van der Waals surface area contributed by atoms with Crippen molar-refractivity contribution in [3.8, 4) is 0 Å². The SMILES string of the molecule is CN1CCC2C(C1)c1c(ccc(Cl)c1Cl)N2CC(C)(O)c1ccncc1. The van der Waals surface area contributed by atoms with E-state index in [0.29, 0.717) is 28.5 Å². The smallest absolute Gasteiger partial charge is 0.104 e. The first-order valence-electron chi connectivity index (χ1n) is 8.94. The fourth-order valence-corrected chi connectivity index (χ4v) is 4.90. The van der Waals surface area contributed by atoms with Crippen molar-refractivity contribution in [1.29, 1.82) is 0 Å². The lowest BCUT2D eigenvalue weighted by atomic mass is 9.88. The molecule has 1 aromatic heterocycles. The van der Waals surface area contributed by atoms with Crippen LogP contribution in [0.4, 0.5) is 5.69 Å². The molecule has 2 aromatic rings. The van der Waals surface area contributed by atoms with Gasteiger partial charge in [0.25, 0.3) is 0 Å². The molecule has 2 aliphatic heterocycles. The van der Waals surface area contributed by atoms with Crippen LogP contribution in [-0.4, -0.2) is 47.7 Å². The molecule has 0 bridgehead atoms. The van der Waals surface area contributed by atoms with Gasteiger partial charge in [0.15, 0.2) is 0 Å². The number of anilines is 1. The Hall–Kier alpha value is -1.33. The van der Waals surface area contributed by atoms with Crippen molar-refractivity contribution in [3.63, 3.8) is 0 Å². The highest BCUT2D eigenvalue weighted by Gasteiger charge is 2.44. The third-order valence-electron chi connectivity index (χ3n) is 5.75. The minimum Gasteiger partial charge on any atom is -0.384 e. The maximum Gasteiger partial charge on any atom is 0.104 e. The normalized spacial score (nSPS) is 24.9. The highest BCUT2D eigenvalue weighted by atomic mass is 35.5. The largest absolute Gasteiger partial charge is 0.384 e. The second kappa shape index (κ2) is 6.68. The van der Waals surface area contributed by atoms with Crippen molar-refractivity contribution < 1.29 is 5.11 Å². The molecule has 0 aliphatic carbocycles. The van der Waals surface area contributed by atoms with Gasteiger partial charge in [0.1, 0.15) is 5.60 Å². The van der Waals surface area contributed by atoms with Gasteiger partial charge >= 0.3 is 0 Å². The number of halogens is 2. The molecule has 0 spiro atoms. The topological polar surface area (TPSA) is 39.6 Å². The van der Waals surface area contributed by atoms with Gasteiger partial charge < -0.3 is 14.9 Å². The van der Waals surface area contributed by atoms with Crippen LogP contribution in [0.3, 0.4) is 0 Å². The van der Waals surface area contributed by atoms with E-state index in [0.717, 1.165) is 36.3 Å². The summed E-state index contributed by atoms with van der Waals surface area (Å²) >= 11 is 12.9. The minimum absolute atomic E-state index is 0.309. The maximum atomic E-state index is 11.2. The zero-order chi connectivity index (χ0) is 18.5. The number of likely N-dealkylation sites (N-methyl/N-ethyl adjacent to an activating group) is 1. The molecule has 138 valence electrons. The van der Waals surface area contributed by atoms with Crippen LogP contribution < -0.4 is 4.90 Å². The third-order valence-corrected chi connectivity index (χ3v) is 6.57. The number of hydrogen-bond donors (Lipinski definition) is 1. The molecule has 1 aromatic carbocycles. The molecule has 4 nitrogen and oxygen atoms in total. The summed E-state index contributed by atoms with van der Waals surface area (Å²) in [5, 5.41) is 12.4.